The molecule has 4 saturated carbocycles. The van der Waals surface area contributed by atoms with Gasteiger partial charge in [0.1, 0.15) is 73.2 Å². The molecular weight excluding hydrogens is 981 g/mol. The van der Waals surface area contributed by atoms with Gasteiger partial charge in [-0.1, -0.05) is 53.2 Å². The fourth-order valence-corrected chi connectivity index (χ4v) is 15.8. The molecule has 0 aromatic heterocycles. The Labute approximate surface area is 429 Å². The van der Waals surface area contributed by atoms with Crippen LogP contribution < -0.4 is 0 Å². The minimum atomic E-state index is -2.01. The van der Waals surface area contributed by atoms with Crippen LogP contribution in [0.1, 0.15) is 99.3 Å². The average molecular weight is 1060 g/mol. The van der Waals surface area contributed by atoms with Crippen molar-refractivity contribution in [1.29, 1.82) is 0 Å². The summed E-state index contributed by atoms with van der Waals surface area (Å²) in [5.41, 5.74) is -2.65. The largest absolute Gasteiger partial charge is 0.479 e. The van der Waals surface area contributed by atoms with E-state index in [1.165, 1.54) is 0 Å². The number of allylic oxidation sites excluding steroid dienone is 2. The maximum absolute atomic E-state index is 14.9. The quantitative estimate of drug-likeness (QED) is 0.0634. The van der Waals surface area contributed by atoms with Crippen molar-refractivity contribution in [2.45, 2.75) is 216 Å². The summed E-state index contributed by atoms with van der Waals surface area (Å²) in [6.07, 6.45) is -23.8. The summed E-state index contributed by atoms with van der Waals surface area (Å²) in [5, 5.41) is 140. The van der Waals surface area contributed by atoms with Gasteiger partial charge >= 0.3 is 11.9 Å². The Kier molecular flexibility index (Phi) is 15.5. The number of carboxylic acid groups (broad SMARTS) is 1. The third kappa shape index (κ3) is 9.02. The van der Waals surface area contributed by atoms with E-state index in [2.05, 4.69) is 40.7 Å². The molecule has 74 heavy (non-hydrogen) atoms. The molecule has 4 saturated heterocycles. The second-order valence-corrected chi connectivity index (χ2v) is 25.0. The highest BCUT2D eigenvalue weighted by molar-refractivity contribution is 5.79. The number of rotatable bonds is 10. The summed E-state index contributed by atoms with van der Waals surface area (Å²) in [5.74, 6) is -2.78. The first-order valence-corrected chi connectivity index (χ1v) is 26.3. The van der Waals surface area contributed by atoms with Crippen LogP contribution in [-0.2, 0) is 47.5 Å². The van der Waals surface area contributed by atoms with Crippen LogP contribution in [0.4, 0.5) is 0 Å². The van der Waals surface area contributed by atoms with Gasteiger partial charge in [-0.15, -0.1) is 0 Å². The standard InChI is InChI=1S/C51H80O23/c1-46(2)11-13-51(45(66)74-43-35(62)31(58)26(19-69-43)70-41-33(60)29(56)24(54)17-67-41)14-12-49(5)21(22(51)15-46)7-8-28-47(3)16-23(53)39(48(4,20-52)27(47)9-10-50(28,49)6)73-44-36(63)32(59)37(38(72-44)40(64)65)71-42-34(61)30(57)25(55)18-68-42/h7,22-39,41-44,52-63H,8-20H2,1-6H3,(H,64,65). The van der Waals surface area contributed by atoms with Crippen LogP contribution in [-0.4, -0.2) is 221 Å². The van der Waals surface area contributed by atoms with E-state index in [-0.39, 0.29) is 42.8 Å². The summed E-state index contributed by atoms with van der Waals surface area (Å²) in [6.45, 7) is 11.2. The molecule has 422 valence electrons. The van der Waals surface area contributed by atoms with Crippen LogP contribution in [0.25, 0.3) is 0 Å². The first-order valence-electron chi connectivity index (χ1n) is 26.3. The molecule has 13 N–H and O–H groups in total. The second-order valence-electron chi connectivity index (χ2n) is 25.0. The van der Waals surface area contributed by atoms with Crippen molar-refractivity contribution in [3.05, 3.63) is 11.6 Å². The number of carbonyl (C=O) groups is 2. The van der Waals surface area contributed by atoms with Crippen molar-refractivity contribution in [3.63, 3.8) is 0 Å². The predicted octanol–water partition coefficient (Wildman–Crippen LogP) is -2.08. The van der Waals surface area contributed by atoms with Gasteiger partial charge in [0.15, 0.2) is 25.0 Å². The van der Waals surface area contributed by atoms with Gasteiger partial charge in [0.2, 0.25) is 6.29 Å². The number of carboxylic acids is 1. The summed E-state index contributed by atoms with van der Waals surface area (Å²) in [7, 11) is 0. The molecule has 4 heterocycles. The van der Waals surface area contributed by atoms with Crippen molar-refractivity contribution in [2.75, 3.05) is 26.4 Å². The molecule has 8 fully saturated rings. The van der Waals surface area contributed by atoms with Crippen molar-refractivity contribution >= 4 is 11.9 Å². The van der Waals surface area contributed by atoms with E-state index >= 15 is 0 Å². The van der Waals surface area contributed by atoms with Gasteiger partial charge < -0.3 is 104 Å². The molecule has 5 aliphatic carbocycles. The van der Waals surface area contributed by atoms with Crippen LogP contribution in [0.3, 0.4) is 0 Å². The smallest absolute Gasteiger partial charge is 0.335 e. The van der Waals surface area contributed by atoms with Crippen molar-refractivity contribution in [2.24, 2.45) is 50.2 Å². The molecule has 0 aromatic rings. The van der Waals surface area contributed by atoms with E-state index in [0.29, 0.717) is 44.9 Å². The lowest BCUT2D eigenvalue weighted by molar-refractivity contribution is -0.362. The Morgan fingerprint density at radius 1 is 0.622 bits per heavy atom. The van der Waals surface area contributed by atoms with Crippen LogP contribution in [0, 0.1) is 50.2 Å². The number of aliphatic hydroxyl groups excluding tert-OH is 12. The minimum absolute atomic E-state index is 0.0550. The molecule has 0 bridgehead atoms. The minimum Gasteiger partial charge on any atom is -0.479 e. The van der Waals surface area contributed by atoms with Gasteiger partial charge in [0.05, 0.1) is 44.1 Å². The zero-order chi connectivity index (χ0) is 54.0. The molecule has 0 aromatic carbocycles. The Morgan fingerprint density at radius 2 is 1.20 bits per heavy atom. The van der Waals surface area contributed by atoms with Gasteiger partial charge in [0.25, 0.3) is 0 Å². The van der Waals surface area contributed by atoms with E-state index in [4.69, 9.17) is 37.9 Å². The van der Waals surface area contributed by atoms with Crippen LogP contribution in [0.15, 0.2) is 11.6 Å². The Bertz CT molecular complexity index is 2100. The number of aliphatic carboxylic acids is 1. The molecule has 23 nitrogen and oxygen atoms in total. The van der Waals surface area contributed by atoms with Crippen LogP contribution in [0.2, 0.25) is 0 Å². The van der Waals surface area contributed by atoms with E-state index in [0.717, 1.165) is 12.0 Å². The molecule has 0 amide bonds. The maximum atomic E-state index is 14.9. The molecule has 0 spiro atoms. The first-order chi connectivity index (χ1) is 34.6. The summed E-state index contributed by atoms with van der Waals surface area (Å²) < 4.78 is 45.8. The number of carbonyl (C=O) groups excluding carboxylic acids is 1. The second kappa shape index (κ2) is 20.2. The van der Waals surface area contributed by atoms with Crippen molar-refractivity contribution < 1.29 is 114 Å². The van der Waals surface area contributed by atoms with E-state index in [9.17, 15) is 76.0 Å². The number of hydrogen-bond donors (Lipinski definition) is 13. The molecule has 9 rings (SSSR count). The normalized spacial score (nSPS) is 54.3. The molecule has 0 radical (unpaired) electrons. The van der Waals surface area contributed by atoms with Gasteiger partial charge in [-0.05, 0) is 97.2 Å². The van der Waals surface area contributed by atoms with Crippen LogP contribution >= 0.6 is 0 Å². The Morgan fingerprint density at radius 3 is 1.82 bits per heavy atom. The highest BCUT2D eigenvalue weighted by Crippen LogP contribution is 2.76. The Hall–Kier alpha value is -2.08. The number of esters is 1. The first kappa shape index (κ1) is 56.6. The number of hydrogen-bond acceptors (Lipinski definition) is 22. The molecule has 9 aliphatic rings. The summed E-state index contributed by atoms with van der Waals surface area (Å²) >= 11 is 0. The highest BCUT2D eigenvalue weighted by Gasteiger charge is 2.72. The molecular formula is C51H80O23. The fourth-order valence-electron chi connectivity index (χ4n) is 15.8. The number of aliphatic hydroxyl groups is 12. The van der Waals surface area contributed by atoms with Crippen molar-refractivity contribution in [3.8, 4) is 0 Å². The fraction of sp³-hybridized carbons (Fsp3) is 0.922. The van der Waals surface area contributed by atoms with Crippen LogP contribution in [0.5, 0.6) is 0 Å². The predicted molar refractivity (Wildman–Crippen MR) is 248 cm³/mol. The van der Waals surface area contributed by atoms with Crippen molar-refractivity contribution in [1.82, 2.24) is 0 Å². The summed E-state index contributed by atoms with van der Waals surface area (Å²) in [4.78, 5) is 27.5. The third-order valence-corrected chi connectivity index (χ3v) is 20.3. The highest BCUT2D eigenvalue weighted by atomic mass is 16.8. The topological polar surface area (TPSA) is 371 Å². The lowest BCUT2D eigenvalue weighted by atomic mass is 9.33. The monoisotopic (exact) mass is 1060 g/mol. The third-order valence-electron chi connectivity index (χ3n) is 20.3. The lowest BCUT2D eigenvalue weighted by Crippen LogP contribution is -2.70. The molecule has 27 unspecified atom stereocenters. The van der Waals surface area contributed by atoms with Gasteiger partial charge in [-0.25, -0.2) is 4.79 Å². The number of ether oxygens (including phenoxy) is 8. The van der Waals surface area contributed by atoms with Gasteiger partial charge in [-0.3, -0.25) is 4.79 Å². The maximum Gasteiger partial charge on any atom is 0.335 e. The lowest BCUT2D eigenvalue weighted by Gasteiger charge is -2.71. The molecule has 23 heteroatoms. The number of fused-ring (bicyclic) bond motifs is 7. The van der Waals surface area contributed by atoms with Gasteiger partial charge in [0, 0.05) is 5.41 Å². The molecule has 4 aliphatic heterocycles. The summed E-state index contributed by atoms with van der Waals surface area (Å²) in [6, 6.07) is 0. The molecule has 27 atom stereocenters. The van der Waals surface area contributed by atoms with E-state index in [1.807, 2.05) is 0 Å². The Balaban J connectivity index is 0.925. The van der Waals surface area contributed by atoms with E-state index < -0.39 is 169 Å². The SMILES string of the molecule is CC1(C)CCC2(C(=O)OC3OCC(OC4OCC(O)C(O)C4O)C(O)C3O)CCC3(C)C(=CCC4C5(C)CC(O)C(OC6OC(C(=O)O)C(OC7OCC(O)C(O)C7O)C(O)C6O)C(C)(CO)C5CCC43C)C2C1. The van der Waals surface area contributed by atoms with Gasteiger partial charge in [-0.2, -0.15) is 0 Å². The zero-order valence-electron chi connectivity index (χ0n) is 42.9. The van der Waals surface area contributed by atoms with E-state index in [1.54, 1.807) is 6.92 Å². The average Bonchev–Trinajstić information content (AvgIpc) is 3.35. The zero-order valence-corrected chi connectivity index (χ0v) is 42.9.